The number of hydrogen-bond acceptors (Lipinski definition) is 4. The zero-order valence-corrected chi connectivity index (χ0v) is 12.2. The van der Waals surface area contributed by atoms with Crippen LogP contribution in [0.2, 0.25) is 0 Å². The predicted molar refractivity (Wildman–Crippen MR) is 73.0 cm³/mol. The lowest BCUT2D eigenvalue weighted by molar-refractivity contribution is -0.0255. The fraction of sp³-hybridized carbons (Fsp3) is 0.929. The maximum Gasteiger partial charge on any atom is 0.410 e. The van der Waals surface area contributed by atoms with Gasteiger partial charge < -0.3 is 20.1 Å². The average Bonchev–Trinajstić information content (AvgIpc) is 2.73. The van der Waals surface area contributed by atoms with Gasteiger partial charge in [0.1, 0.15) is 5.60 Å². The van der Waals surface area contributed by atoms with E-state index in [4.69, 9.17) is 4.74 Å². The van der Waals surface area contributed by atoms with Crippen molar-refractivity contribution < 1.29 is 14.6 Å². The summed E-state index contributed by atoms with van der Waals surface area (Å²) < 4.78 is 5.37. The minimum atomic E-state index is -0.723. The Balaban J connectivity index is 1.93. The van der Waals surface area contributed by atoms with Gasteiger partial charge in [-0.2, -0.15) is 0 Å². The SMILES string of the molecule is CC(C)(C)OC(=O)N1CCC(O)(C2CCNCC2)C1. The smallest absolute Gasteiger partial charge is 0.410 e. The van der Waals surface area contributed by atoms with Crippen LogP contribution >= 0.6 is 0 Å². The van der Waals surface area contributed by atoms with Crippen LogP contribution in [0.4, 0.5) is 4.79 Å². The second-order valence-electron chi connectivity index (χ2n) is 6.78. The van der Waals surface area contributed by atoms with E-state index >= 15 is 0 Å². The summed E-state index contributed by atoms with van der Waals surface area (Å²) >= 11 is 0. The molecule has 0 radical (unpaired) electrons. The molecule has 2 saturated heterocycles. The fourth-order valence-corrected chi connectivity index (χ4v) is 2.99. The number of nitrogens with one attached hydrogen (secondary N) is 1. The zero-order valence-electron chi connectivity index (χ0n) is 12.2. The summed E-state index contributed by atoms with van der Waals surface area (Å²) in [5.41, 5.74) is -1.20. The van der Waals surface area contributed by atoms with Crippen molar-refractivity contribution in [2.24, 2.45) is 5.92 Å². The largest absolute Gasteiger partial charge is 0.444 e. The third-order valence-corrected chi connectivity index (χ3v) is 4.03. The number of nitrogens with zero attached hydrogens (tertiary/aromatic N) is 1. The molecule has 1 amide bonds. The molecule has 0 aromatic heterocycles. The molecule has 1 unspecified atom stereocenters. The summed E-state index contributed by atoms with van der Waals surface area (Å²) in [5, 5.41) is 14.1. The summed E-state index contributed by atoms with van der Waals surface area (Å²) in [4.78, 5) is 13.7. The molecule has 2 heterocycles. The van der Waals surface area contributed by atoms with E-state index in [1.807, 2.05) is 20.8 Å². The van der Waals surface area contributed by atoms with Crippen LogP contribution in [0.3, 0.4) is 0 Å². The van der Waals surface area contributed by atoms with Gasteiger partial charge in [-0.25, -0.2) is 4.79 Å². The Morgan fingerprint density at radius 2 is 2.00 bits per heavy atom. The topological polar surface area (TPSA) is 61.8 Å². The van der Waals surface area contributed by atoms with Gasteiger partial charge >= 0.3 is 6.09 Å². The molecule has 0 aliphatic carbocycles. The highest BCUT2D eigenvalue weighted by Gasteiger charge is 2.45. The monoisotopic (exact) mass is 270 g/mol. The van der Waals surface area contributed by atoms with Gasteiger partial charge in [-0.15, -0.1) is 0 Å². The lowest BCUT2D eigenvalue weighted by Gasteiger charge is -2.35. The third-order valence-electron chi connectivity index (χ3n) is 4.03. The van der Waals surface area contributed by atoms with Crippen LogP contribution < -0.4 is 5.32 Å². The van der Waals surface area contributed by atoms with Crippen molar-refractivity contribution >= 4 is 6.09 Å². The molecule has 2 aliphatic rings. The molecular formula is C14H26N2O3. The van der Waals surface area contributed by atoms with Gasteiger partial charge in [0.15, 0.2) is 0 Å². The van der Waals surface area contributed by atoms with Crippen LogP contribution in [0.15, 0.2) is 0 Å². The Morgan fingerprint density at radius 3 is 2.58 bits per heavy atom. The average molecular weight is 270 g/mol. The summed E-state index contributed by atoms with van der Waals surface area (Å²) in [5.74, 6) is 0.293. The number of carbonyl (C=O) groups excluding carboxylic acids is 1. The Kier molecular flexibility index (Phi) is 4.06. The van der Waals surface area contributed by atoms with Crippen molar-refractivity contribution in [3.8, 4) is 0 Å². The molecule has 5 nitrogen and oxygen atoms in total. The van der Waals surface area contributed by atoms with Gasteiger partial charge in [0, 0.05) is 6.54 Å². The summed E-state index contributed by atoms with van der Waals surface area (Å²) in [6.45, 7) is 8.50. The van der Waals surface area contributed by atoms with Gasteiger partial charge in [0.25, 0.3) is 0 Å². The summed E-state index contributed by atoms with van der Waals surface area (Å²) in [6.07, 6.45) is 2.33. The first-order valence-corrected chi connectivity index (χ1v) is 7.21. The Morgan fingerprint density at radius 1 is 1.37 bits per heavy atom. The second kappa shape index (κ2) is 5.29. The van der Waals surface area contributed by atoms with Gasteiger partial charge in [0.05, 0.1) is 12.1 Å². The van der Waals surface area contributed by atoms with Crippen LogP contribution in [0.1, 0.15) is 40.0 Å². The molecule has 0 spiro atoms. The van der Waals surface area contributed by atoms with Crippen LogP contribution in [0, 0.1) is 5.92 Å². The van der Waals surface area contributed by atoms with Gasteiger partial charge in [-0.05, 0) is 59.0 Å². The maximum atomic E-state index is 12.0. The molecule has 1 atom stereocenters. The number of carbonyl (C=O) groups is 1. The lowest BCUT2D eigenvalue weighted by Crippen LogP contribution is -2.46. The molecule has 2 N–H and O–H groups in total. The molecule has 5 heteroatoms. The minimum Gasteiger partial charge on any atom is -0.444 e. The van der Waals surface area contributed by atoms with E-state index < -0.39 is 11.2 Å². The highest BCUT2D eigenvalue weighted by molar-refractivity contribution is 5.68. The number of piperidine rings is 1. The Hall–Kier alpha value is -0.810. The van der Waals surface area contributed by atoms with E-state index in [-0.39, 0.29) is 6.09 Å². The maximum absolute atomic E-state index is 12.0. The van der Waals surface area contributed by atoms with Crippen molar-refractivity contribution in [2.45, 2.75) is 51.2 Å². The van der Waals surface area contributed by atoms with E-state index in [1.54, 1.807) is 4.90 Å². The number of hydrogen-bond donors (Lipinski definition) is 2. The Bertz CT molecular complexity index is 334. The van der Waals surface area contributed by atoms with Gasteiger partial charge in [0.2, 0.25) is 0 Å². The lowest BCUT2D eigenvalue weighted by atomic mass is 9.80. The van der Waals surface area contributed by atoms with Gasteiger partial charge in [-0.3, -0.25) is 0 Å². The molecule has 2 aliphatic heterocycles. The standard InChI is InChI=1S/C14H26N2O3/c1-13(2,3)19-12(17)16-9-6-14(18,10-16)11-4-7-15-8-5-11/h11,15,18H,4-10H2,1-3H3. The minimum absolute atomic E-state index is 0.293. The van der Waals surface area contributed by atoms with Crippen molar-refractivity contribution in [2.75, 3.05) is 26.2 Å². The molecule has 2 fully saturated rings. The second-order valence-corrected chi connectivity index (χ2v) is 6.78. The molecule has 19 heavy (non-hydrogen) atoms. The predicted octanol–water partition coefficient (Wildman–Crippen LogP) is 1.36. The third kappa shape index (κ3) is 3.60. The van der Waals surface area contributed by atoms with Crippen LogP contribution in [-0.2, 0) is 4.74 Å². The Labute approximate surface area is 115 Å². The van der Waals surface area contributed by atoms with Crippen molar-refractivity contribution in [3.05, 3.63) is 0 Å². The summed E-state index contributed by atoms with van der Waals surface area (Å²) in [7, 11) is 0. The number of ether oxygens (including phenoxy) is 1. The van der Waals surface area contributed by atoms with Crippen molar-refractivity contribution in [1.29, 1.82) is 0 Å². The molecule has 0 aromatic rings. The van der Waals surface area contributed by atoms with E-state index in [0.29, 0.717) is 25.4 Å². The van der Waals surface area contributed by atoms with Crippen LogP contribution in [0.5, 0.6) is 0 Å². The highest BCUT2D eigenvalue weighted by Crippen LogP contribution is 2.34. The number of aliphatic hydroxyl groups is 1. The molecule has 2 rings (SSSR count). The van der Waals surface area contributed by atoms with Crippen molar-refractivity contribution in [3.63, 3.8) is 0 Å². The van der Waals surface area contributed by atoms with Crippen LogP contribution in [-0.4, -0.2) is 53.5 Å². The van der Waals surface area contributed by atoms with E-state index in [9.17, 15) is 9.90 Å². The summed E-state index contributed by atoms with van der Waals surface area (Å²) in [6, 6.07) is 0. The number of amides is 1. The van der Waals surface area contributed by atoms with Crippen LogP contribution in [0.25, 0.3) is 0 Å². The molecular weight excluding hydrogens is 244 g/mol. The first kappa shape index (κ1) is 14.6. The number of likely N-dealkylation sites (tertiary alicyclic amines) is 1. The van der Waals surface area contributed by atoms with Crippen molar-refractivity contribution in [1.82, 2.24) is 10.2 Å². The zero-order chi connectivity index (χ0) is 14.1. The number of rotatable bonds is 1. The fourth-order valence-electron chi connectivity index (χ4n) is 2.99. The highest BCUT2D eigenvalue weighted by atomic mass is 16.6. The van der Waals surface area contributed by atoms with Gasteiger partial charge in [-0.1, -0.05) is 0 Å². The quantitative estimate of drug-likeness (QED) is 0.755. The molecule has 0 bridgehead atoms. The molecule has 110 valence electrons. The van der Waals surface area contributed by atoms with E-state index in [1.165, 1.54) is 0 Å². The number of β-amino-alcohol motifs (C(OH)–C–C–N with tert-alkyl or cyclic N) is 1. The first-order valence-electron chi connectivity index (χ1n) is 7.21. The van der Waals surface area contributed by atoms with E-state index in [0.717, 1.165) is 25.9 Å². The molecule has 0 saturated carbocycles. The normalized spacial score (nSPS) is 29.6. The molecule has 0 aromatic carbocycles. The first-order chi connectivity index (χ1) is 8.80. The van der Waals surface area contributed by atoms with E-state index in [2.05, 4.69) is 5.32 Å².